The van der Waals surface area contributed by atoms with E-state index in [1.165, 1.54) is 0 Å². The van der Waals surface area contributed by atoms with Crippen molar-refractivity contribution >= 4 is 11.4 Å². The van der Waals surface area contributed by atoms with E-state index >= 15 is 0 Å². The molecular formula is C12H19N3O. The van der Waals surface area contributed by atoms with Gasteiger partial charge in [0.25, 0.3) is 0 Å². The molecule has 88 valence electrons. The Kier molecular flexibility index (Phi) is 3.31. The van der Waals surface area contributed by atoms with Gasteiger partial charge in [-0.15, -0.1) is 0 Å². The molecule has 0 saturated carbocycles. The van der Waals surface area contributed by atoms with Crippen LogP contribution in [-0.2, 0) is 0 Å². The van der Waals surface area contributed by atoms with Crippen LogP contribution in [0.1, 0.15) is 12.0 Å². The molecule has 1 saturated heterocycles. The van der Waals surface area contributed by atoms with Gasteiger partial charge in [-0.2, -0.15) is 0 Å². The van der Waals surface area contributed by atoms with Gasteiger partial charge in [0.15, 0.2) is 0 Å². The molecule has 0 amide bonds. The highest BCUT2D eigenvalue weighted by atomic mass is 16.3. The summed E-state index contributed by atoms with van der Waals surface area (Å²) in [5, 5.41) is 16.3. The van der Waals surface area contributed by atoms with Gasteiger partial charge < -0.3 is 21.5 Å². The van der Waals surface area contributed by atoms with Gasteiger partial charge >= 0.3 is 0 Å². The van der Waals surface area contributed by atoms with E-state index in [1.54, 1.807) is 0 Å². The number of hydrogen-bond donors (Lipinski definition) is 4. The van der Waals surface area contributed by atoms with Crippen molar-refractivity contribution < 1.29 is 5.11 Å². The van der Waals surface area contributed by atoms with Crippen molar-refractivity contribution in [1.82, 2.24) is 5.32 Å². The van der Waals surface area contributed by atoms with Crippen molar-refractivity contribution in [2.45, 2.75) is 25.5 Å². The normalized spacial score (nSPS) is 25.4. The van der Waals surface area contributed by atoms with Crippen LogP contribution in [0.3, 0.4) is 0 Å². The molecule has 1 aromatic carbocycles. The molecule has 0 bridgehead atoms. The molecule has 0 radical (unpaired) electrons. The first-order chi connectivity index (χ1) is 7.66. The van der Waals surface area contributed by atoms with Crippen molar-refractivity contribution in [2.75, 3.05) is 24.1 Å². The predicted octanol–water partition coefficient (Wildman–Crippen LogP) is 0.712. The smallest absolute Gasteiger partial charge is 0.0865 e. The number of rotatable bonds is 2. The molecule has 0 unspecified atom stereocenters. The Hall–Kier alpha value is -1.26. The molecule has 2 atom stereocenters. The molecule has 1 aliphatic heterocycles. The number of nitrogens with one attached hydrogen (secondary N) is 2. The molecule has 2 rings (SSSR count). The summed E-state index contributed by atoms with van der Waals surface area (Å²) >= 11 is 0. The van der Waals surface area contributed by atoms with Crippen LogP contribution in [0.25, 0.3) is 0 Å². The molecule has 1 aromatic rings. The van der Waals surface area contributed by atoms with Crippen LogP contribution in [0.4, 0.5) is 11.4 Å². The number of hydrogen-bond acceptors (Lipinski definition) is 4. The highest BCUT2D eigenvalue weighted by molar-refractivity contribution is 5.67. The number of aryl methyl sites for hydroxylation is 1. The standard InChI is InChI=1S/C12H19N3O/c1-8-2-3-10(9(13)6-8)15-11-4-5-14-7-12(11)16/h2-3,6,11-12,14-16H,4-5,7,13H2,1H3/t11-,12-/m1/s1. The summed E-state index contributed by atoms with van der Waals surface area (Å²) in [4.78, 5) is 0. The van der Waals surface area contributed by atoms with Crippen molar-refractivity contribution in [2.24, 2.45) is 0 Å². The Morgan fingerprint density at radius 3 is 3.00 bits per heavy atom. The largest absolute Gasteiger partial charge is 0.397 e. The SMILES string of the molecule is Cc1ccc(N[C@@H]2CCNC[C@H]2O)c(N)c1. The highest BCUT2D eigenvalue weighted by Crippen LogP contribution is 2.22. The molecular weight excluding hydrogens is 202 g/mol. The summed E-state index contributed by atoms with van der Waals surface area (Å²) in [6.45, 7) is 3.59. The van der Waals surface area contributed by atoms with Crippen molar-refractivity contribution in [3.8, 4) is 0 Å². The van der Waals surface area contributed by atoms with Crippen LogP contribution in [0.2, 0.25) is 0 Å². The lowest BCUT2D eigenvalue weighted by Crippen LogP contribution is -2.47. The number of aliphatic hydroxyl groups is 1. The first-order valence-electron chi connectivity index (χ1n) is 5.68. The van der Waals surface area contributed by atoms with E-state index in [9.17, 15) is 5.11 Å². The first-order valence-corrected chi connectivity index (χ1v) is 5.68. The zero-order chi connectivity index (χ0) is 11.5. The zero-order valence-corrected chi connectivity index (χ0v) is 9.53. The molecule has 0 aromatic heterocycles. The molecule has 5 N–H and O–H groups in total. The first kappa shape index (κ1) is 11.2. The fraction of sp³-hybridized carbons (Fsp3) is 0.500. The lowest BCUT2D eigenvalue weighted by molar-refractivity contribution is 0.128. The van der Waals surface area contributed by atoms with E-state index in [4.69, 9.17) is 5.73 Å². The summed E-state index contributed by atoms with van der Waals surface area (Å²) in [6.07, 6.45) is 0.559. The number of anilines is 2. The van der Waals surface area contributed by atoms with Gasteiger partial charge in [-0.25, -0.2) is 0 Å². The zero-order valence-electron chi connectivity index (χ0n) is 9.53. The Balaban J connectivity index is 2.07. The monoisotopic (exact) mass is 221 g/mol. The molecule has 1 fully saturated rings. The molecule has 4 nitrogen and oxygen atoms in total. The average molecular weight is 221 g/mol. The highest BCUT2D eigenvalue weighted by Gasteiger charge is 2.22. The maximum Gasteiger partial charge on any atom is 0.0865 e. The van der Waals surface area contributed by atoms with Gasteiger partial charge in [0.2, 0.25) is 0 Å². The van der Waals surface area contributed by atoms with E-state index in [1.807, 2.05) is 25.1 Å². The fourth-order valence-corrected chi connectivity index (χ4v) is 2.02. The summed E-state index contributed by atoms with van der Waals surface area (Å²) in [6, 6.07) is 6.02. The number of nitrogens with two attached hydrogens (primary N) is 1. The summed E-state index contributed by atoms with van der Waals surface area (Å²) in [7, 11) is 0. The summed E-state index contributed by atoms with van der Waals surface area (Å²) < 4.78 is 0. The van der Waals surface area contributed by atoms with Gasteiger partial charge in [0, 0.05) is 6.54 Å². The van der Waals surface area contributed by atoms with Crippen LogP contribution in [0.5, 0.6) is 0 Å². The van der Waals surface area contributed by atoms with E-state index in [-0.39, 0.29) is 12.1 Å². The van der Waals surface area contributed by atoms with Gasteiger partial charge in [-0.3, -0.25) is 0 Å². The van der Waals surface area contributed by atoms with E-state index in [0.717, 1.165) is 29.9 Å². The van der Waals surface area contributed by atoms with Crippen molar-refractivity contribution in [3.05, 3.63) is 23.8 Å². The molecule has 4 heteroatoms. The van der Waals surface area contributed by atoms with E-state index in [0.29, 0.717) is 6.54 Å². The number of piperidine rings is 1. The number of β-amino-alcohol motifs (C(OH)–C–C–N with tert-alkyl or cyclic N) is 1. The predicted molar refractivity (Wildman–Crippen MR) is 66.5 cm³/mol. The third-order valence-electron chi connectivity index (χ3n) is 3.00. The second-order valence-corrected chi connectivity index (χ2v) is 4.40. The van der Waals surface area contributed by atoms with Crippen molar-refractivity contribution in [3.63, 3.8) is 0 Å². The molecule has 16 heavy (non-hydrogen) atoms. The Labute approximate surface area is 95.8 Å². The molecule has 0 spiro atoms. The Bertz CT molecular complexity index is 367. The van der Waals surface area contributed by atoms with Crippen LogP contribution >= 0.6 is 0 Å². The number of benzene rings is 1. The lowest BCUT2D eigenvalue weighted by atomic mass is 10.0. The summed E-state index contributed by atoms with van der Waals surface area (Å²) in [5.41, 5.74) is 8.73. The minimum atomic E-state index is -0.352. The van der Waals surface area contributed by atoms with E-state index < -0.39 is 0 Å². The third kappa shape index (κ3) is 2.46. The van der Waals surface area contributed by atoms with Gasteiger partial charge in [-0.1, -0.05) is 6.07 Å². The third-order valence-corrected chi connectivity index (χ3v) is 3.00. The molecule has 0 aliphatic carbocycles. The summed E-state index contributed by atoms with van der Waals surface area (Å²) in [5.74, 6) is 0. The Morgan fingerprint density at radius 2 is 2.31 bits per heavy atom. The van der Waals surface area contributed by atoms with Crippen LogP contribution in [0.15, 0.2) is 18.2 Å². The minimum Gasteiger partial charge on any atom is -0.397 e. The van der Waals surface area contributed by atoms with E-state index in [2.05, 4.69) is 10.6 Å². The van der Waals surface area contributed by atoms with Crippen LogP contribution in [0, 0.1) is 6.92 Å². The average Bonchev–Trinajstić information content (AvgIpc) is 2.25. The fourth-order valence-electron chi connectivity index (χ4n) is 2.02. The molecule has 1 heterocycles. The number of aliphatic hydroxyl groups excluding tert-OH is 1. The van der Waals surface area contributed by atoms with Gasteiger partial charge in [-0.05, 0) is 37.6 Å². The molecule has 1 aliphatic rings. The quantitative estimate of drug-likeness (QED) is 0.555. The number of nitrogen functional groups attached to an aromatic ring is 1. The van der Waals surface area contributed by atoms with Crippen LogP contribution in [-0.4, -0.2) is 30.3 Å². The van der Waals surface area contributed by atoms with Gasteiger partial charge in [0.05, 0.1) is 23.5 Å². The van der Waals surface area contributed by atoms with Crippen LogP contribution < -0.4 is 16.4 Å². The second-order valence-electron chi connectivity index (χ2n) is 4.40. The van der Waals surface area contributed by atoms with Gasteiger partial charge in [0.1, 0.15) is 0 Å². The van der Waals surface area contributed by atoms with Crippen molar-refractivity contribution in [1.29, 1.82) is 0 Å². The maximum atomic E-state index is 9.81. The minimum absolute atomic E-state index is 0.0891. The lowest BCUT2D eigenvalue weighted by Gasteiger charge is -2.30. The Morgan fingerprint density at radius 1 is 1.50 bits per heavy atom. The maximum absolute atomic E-state index is 9.81. The second kappa shape index (κ2) is 4.72. The topological polar surface area (TPSA) is 70.3 Å².